The molecule has 0 unspecified atom stereocenters. The van der Waals surface area contributed by atoms with Crippen molar-refractivity contribution in [1.82, 2.24) is 5.32 Å². The van der Waals surface area contributed by atoms with Crippen molar-refractivity contribution in [1.29, 1.82) is 0 Å². The SMILES string of the molecule is O=C(C=Cc1ccco1)NCCSCc1cccc2ccccc12. The molecule has 0 spiro atoms. The molecule has 122 valence electrons. The van der Waals surface area contributed by atoms with Gasteiger partial charge in [-0.2, -0.15) is 11.8 Å². The quantitative estimate of drug-likeness (QED) is 0.510. The lowest BCUT2D eigenvalue weighted by atomic mass is 10.1. The maximum Gasteiger partial charge on any atom is 0.244 e. The van der Waals surface area contributed by atoms with Crippen molar-refractivity contribution in [3.8, 4) is 0 Å². The number of carbonyl (C=O) groups excluding carboxylic acids is 1. The van der Waals surface area contributed by atoms with Crippen LogP contribution in [0.2, 0.25) is 0 Å². The largest absolute Gasteiger partial charge is 0.465 e. The molecule has 0 radical (unpaired) electrons. The summed E-state index contributed by atoms with van der Waals surface area (Å²) in [6.07, 6.45) is 4.74. The third-order valence-corrected chi connectivity index (χ3v) is 4.63. The summed E-state index contributed by atoms with van der Waals surface area (Å²) in [5.41, 5.74) is 1.34. The summed E-state index contributed by atoms with van der Waals surface area (Å²) < 4.78 is 5.14. The van der Waals surface area contributed by atoms with E-state index < -0.39 is 0 Å². The number of hydrogen-bond donors (Lipinski definition) is 1. The molecule has 0 atom stereocenters. The first-order valence-electron chi connectivity index (χ1n) is 7.87. The average molecular weight is 337 g/mol. The normalized spacial score (nSPS) is 11.2. The molecule has 1 amide bonds. The van der Waals surface area contributed by atoms with Crippen molar-refractivity contribution in [3.63, 3.8) is 0 Å². The Bertz CT molecular complexity index is 819. The van der Waals surface area contributed by atoms with Crippen LogP contribution in [0.4, 0.5) is 0 Å². The molecule has 0 saturated heterocycles. The van der Waals surface area contributed by atoms with Gasteiger partial charge in [-0.25, -0.2) is 0 Å². The molecule has 3 aromatic rings. The van der Waals surface area contributed by atoms with Gasteiger partial charge >= 0.3 is 0 Å². The van der Waals surface area contributed by atoms with E-state index in [9.17, 15) is 4.79 Å². The second-order valence-corrected chi connectivity index (χ2v) is 6.44. The first kappa shape index (κ1) is 16.4. The van der Waals surface area contributed by atoms with Gasteiger partial charge in [-0.05, 0) is 34.5 Å². The van der Waals surface area contributed by atoms with Crippen molar-refractivity contribution >= 4 is 34.5 Å². The number of amides is 1. The number of rotatable bonds is 7. The van der Waals surface area contributed by atoms with Crippen LogP contribution in [0.25, 0.3) is 16.8 Å². The summed E-state index contributed by atoms with van der Waals surface area (Å²) in [7, 11) is 0. The molecule has 3 nitrogen and oxygen atoms in total. The fraction of sp³-hybridized carbons (Fsp3) is 0.150. The van der Waals surface area contributed by atoms with Crippen LogP contribution < -0.4 is 5.32 Å². The van der Waals surface area contributed by atoms with Gasteiger partial charge in [-0.3, -0.25) is 4.79 Å². The summed E-state index contributed by atoms with van der Waals surface area (Å²) in [6, 6.07) is 18.4. The van der Waals surface area contributed by atoms with Crippen LogP contribution >= 0.6 is 11.8 Å². The first-order chi connectivity index (χ1) is 11.8. The van der Waals surface area contributed by atoms with E-state index in [2.05, 4.69) is 47.8 Å². The lowest BCUT2D eigenvalue weighted by molar-refractivity contribution is -0.116. The molecule has 4 heteroatoms. The maximum atomic E-state index is 11.7. The van der Waals surface area contributed by atoms with Crippen LogP contribution in [0.5, 0.6) is 0 Å². The number of thioether (sulfide) groups is 1. The number of nitrogens with one attached hydrogen (secondary N) is 1. The van der Waals surface area contributed by atoms with Crippen LogP contribution in [0, 0.1) is 0 Å². The third-order valence-electron chi connectivity index (χ3n) is 3.63. The summed E-state index contributed by atoms with van der Waals surface area (Å²) >= 11 is 1.82. The topological polar surface area (TPSA) is 42.2 Å². The average Bonchev–Trinajstić information content (AvgIpc) is 3.13. The minimum atomic E-state index is -0.0999. The molecule has 1 aromatic heterocycles. The van der Waals surface area contributed by atoms with Crippen LogP contribution in [-0.2, 0) is 10.5 Å². The molecule has 0 aliphatic carbocycles. The Labute approximate surface area is 145 Å². The maximum absolute atomic E-state index is 11.7. The molecule has 24 heavy (non-hydrogen) atoms. The van der Waals surface area contributed by atoms with Crippen molar-refractivity contribution < 1.29 is 9.21 Å². The first-order valence-corrected chi connectivity index (χ1v) is 9.02. The van der Waals surface area contributed by atoms with Gasteiger partial charge in [0.1, 0.15) is 5.76 Å². The van der Waals surface area contributed by atoms with Gasteiger partial charge in [0, 0.05) is 24.1 Å². The Morgan fingerprint density at radius 1 is 1.08 bits per heavy atom. The summed E-state index contributed by atoms with van der Waals surface area (Å²) in [6.45, 7) is 0.650. The second-order valence-electron chi connectivity index (χ2n) is 5.33. The van der Waals surface area contributed by atoms with Crippen molar-refractivity contribution in [2.75, 3.05) is 12.3 Å². The van der Waals surface area contributed by atoms with Crippen molar-refractivity contribution in [3.05, 3.63) is 78.3 Å². The molecule has 0 fully saturated rings. The number of carbonyl (C=O) groups is 1. The molecular formula is C20H19NO2S. The lowest BCUT2D eigenvalue weighted by Crippen LogP contribution is -2.23. The highest BCUT2D eigenvalue weighted by molar-refractivity contribution is 7.98. The highest BCUT2D eigenvalue weighted by Gasteiger charge is 2.01. The molecule has 1 heterocycles. The van der Waals surface area contributed by atoms with Crippen LogP contribution in [0.1, 0.15) is 11.3 Å². The van der Waals surface area contributed by atoms with E-state index in [0.717, 1.165) is 11.5 Å². The zero-order chi connectivity index (χ0) is 16.6. The van der Waals surface area contributed by atoms with Crippen LogP contribution in [0.15, 0.2) is 71.4 Å². The molecule has 2 aromatic carbocycles. The number of hydrogen-bond acceptors (Lipinski definition) is 3. The van der Waals surface area contributed by atoms with Gasteiger partial charge in [0.05, 0.1) is 6.26 Å². The Balaban J connectivity index is 1.41. The van der Waals surface area contributed by atoms with Gasteiger partial charge in [-0.1, -0.05) is 42.5 Å². The molecule has 0 saturated carbocycles. The summed E-state index contributed by atoms with van der Waals surface area (Å²) in [4.78, 5) is 11.7. The van der Waals surface area contributed by atoms with E-state index in [0.29, 0.717) is 12.3 Å². The van der Waals surface area contributed by atoms with E-state index >= 15 is 0 Å². The van der Waals surface area contributed by atoms with E-state index in [1.54, 1.807) is 18.4 Å². The summed E-state index contributed by atoms with van der Waals surface area (Å²) in [5.74, 6) is 2.40. The zero-order valence-electron chi connectivity index (χ0n) is 13.3. The van der Waals surface area contributed by atoms with Gasteiger partial charge in [0.25, 0.3) is 0 Å². The van der Waals surface area contributed by atoms with Crippen LogP contribution in [-0.4, -0.2) is 18.2 Å². The predicted octanol–water partition coefficient (Wildman–Crippen LogP) is 4.50. The van der Waals surface area contributed by atoms with Gasteiger partial charge in [0.15, 0.2) is 0 Å². The van der Waals surface area contributed by atoms with Gasteiger partial charge in [-0.15, -0.1) is 0 Å². The molecule has 3 rings (SSSR count). The van der Waals surface area contributed by atoms with Crippen LogP contribution in [0.3, 0.4) is 0 Å². The Kier molecular flexibility index (Phi) is 5.75. The van der Waals surface area contributed by atoms with E-state index in [-0.39, 0.29) is 5.91 Å². The standard InChI is InChI=1S/C20H19NO2S/c22-20(11-10-18-8-4-13-23-18)21-12-14-24-15-17-7-3-6-16-5-1-2-9-19(16)17/h1-11,13H,12,14-15H2,(H,21,22). The predicted molar refractivity (Wildman–Crippen MR) is 101 cm³/mol. The van der Waals surface area contributed by atoms with Gasteiger partial charge in [0.2, 0.25) is 5.91 Å². The minimum Gasteiger partial charge on any atom is -0.465 e. The number of furan rings is 1. The Morgan fingerprint density at radius 3 is 2.83 bits per heavy atom. The van der Waals surface area contributed by atoms with E-state index in [4.69, 9.17) is 4.42 Å². The van der Waals surface area contributed by atoms with E-state index in [1.807, 2.05) is 17.8 Å². The molecule has 0 aliphatic heterocycles. The smallest absolute Gasteiger partial charge is 0.244 e. The number of benzene rings is 2. The number of fused-ring (bicyclic) bond motifs is 1. The highest BCUT2D eigenvalue weighted by Crippen LogP contribution is 2.22. The molecule has 1 N–H and O–H groups in total. The highest BCUT2D eigenvalue weighted by atomic mass is 32.2. The van der Waals surface area contributed by atoms with Crippen molar-refractivity contribution in [2.45, 2.75) is 5.75 Å². The second kappa shape index (κ2) is 8.41. The van der Waals surface area contributed by atoms with E-state index in [1.165, 1.54) is 22.4 Å². The minimum absolute atomic E-state index is 0.0999. The molecule has 0 aliphatic rings. The Hall–Kier alpha value is -2.46. The lowest BCUT2D eigenvalue weighted by Gasteiger charge is -2.07. The fourth-order valence-corrected chi connectivity index (χ4v) is 3.31. The Morgan fingerprint density at radius 2 is 1.96 bits per heavy atom. The van der Waals surface area contributed by atoms with Gasteiger partial charge < -0.3 is 9.73 Å². The zero-order valence-corrected chi connectivity index (χ0v) is 14.1. The molecular weight excluding hydrogens is 318 g/mol. The van der Waals surface area contributed by atoms with Crippen molar-refractivity contribution in [2.24, 2.45) is 0 Å². The fourth-order valence-electron chi connectivity index (χ4n) is 2.45. The molecule has 0 bridgehead atoms. The monoisotopic (exact) mass is 337 g/mol. The summed E-state index contributed by atoms with van der Waals surface area (Å²) in [5, 5.41) is 5.45. The third kappa shape index (κ3) is 4.52.